The fourth-order valence-corrected chi connectivity index (χ4v) is 2.16. The second-order valence-electron chi connectivity index (χ2n) is 5.66. The van der Waals surface area contributed by atoms with Crippen LogP contribution in [-0.4, -0.2) is 18.5 Å². The average molecular weight is 328 g/mol. The van der Waals surface area contributed by atoms with E-state index in [1.165, 1.54) is 30.1 Å². The van der Waals surface area contributed by atoms with E-state index in [0.29, 0.717) is 4.73 Å². The molecule has 2 rings (SSSR count). The van der Waals surface area contributed by atoms with Gasteiger partial charge in [0.1, 0.15) is 0 Å². The third-order valence-corrected chi connectivity index (χ3v) is 3.78. The lowest BCUT2D eigenvalue weighted by molar-refractivity contribution is -0.605. The van der Waals surface area contributed by atoms with E-state index in [0.717, 1.165) is 11.1 Å². The summed E-state index contributed by atoms with van der Waals surface area (Å²) in [5, 5.41) is 13.7. The van der Waals surface area contributed by atoms with Gasteiger partial charge in [-0.05, 0) is 37.5 Å². The number of carbonyl (C=O) groups excluding carboxylic acids is 2. The zero-order valence-electron chi connectivity index (χ0n) is 13.9. The standard InChI is InChI=1S/C18H20N2O4/c1-12-4-5-16(10-13(12)2)14(3)19-17(21)11-24-18(22)15-6-8-20(23)9-7-15/h4-10,14H,11H2,1-3H3,(H,19,21)/t14-/m0/s1. The molecule has 0 saturated carbocycles. The molecule has 0 aliphatic heterocycles. The van der Waals surface area contributed by atoms with E-state index < -0.39 is 5.97 Å². The Morgan fingerprint density at radius 1 is 1.17 bits per heavy atom. The maximum Gasteiger partial charge on any atom is 0.339 e. The molecule has 0 spiro atoms. The second kappa shape index (κ2) is 7.59. The van der Waals surface area contributed by atoms with Crippen molar-refractivity contribution in [2.45, 2.75) is 26.8 Å². The van der Waals surface area contributed by atoms with Gasteiger partial charge in [0, 0.05) is 12.1 Å². The molecule has 1 amide bonds. The summed E-state index contributed by atoms with van der Waals surface area (Å²) in [5.74, 6) is -1.03. The van der Waals surface area contributed by atoms with Crippen molar-refractivity contribution in [2.24, 2.45) is 0 Å². The van der Waals surface area contributed by atoms with Crippen molar-refractivity contribution >= 4 is 11.9 Å². The van der Waals surface area contributed by atoms with Gasteiger partial charge in [-0.15, -0.1) is 0 Å². The van der Waals surface area contributed by atoms with E-state index in [1.807, 2.05) is 39.0 Å². The van der Waals surface area contributed by atoms with Crippen LogP contribution in [0, 0.1) is 19.1 Å². The van der Waals surface area contributed by atoms with Gasteiger partial charge >= 0.3 is 5.97 Å². The molecule has 0 aliphatic carbocycles. The van der Waals surface area contributed by atoms with Gasteiger partial charge in [-0.2, -0.15) is 4.73 Å². The highest BCUT2D eigenvalue weighted by molar-refractivity contribution is 5.91. The molecule has 0 saturated heterocycles. The Kier molecular flexibility index (Phi) is 5.52. The number of amides is 1. The van der Waals surface area contributed by atoms with Crippen molar-refractivity contribution in [3.8, 4) is 0 Å². The summed E-state index contributed by atoms with van der Waals surface area (Å²) >= 11 is 0. The fraction of sp³-hybridized carbons (Fsp3) is 0.278. The number of carbonyl (C=O) groups is 2. The molecule has 1 atom stereocenters. The number of aromatic nitrogens is 1. The first-order chi connectivity index (χ1) is 11.4. The molecule has 1 N–H and O–H groups in total. The molecule has 0 bridgehead atoms. The minimum atomic E-state index is -0.649. The van der Waals surface area contributed by atoms with E-state index in [2.05, 4.69) is 5.32 Å². The van der Waals surface area contributed by atoms with Crippen LogP contribution >= 0.6 is 0 Å². The van der Waals surface area contributed by atoms with Crippen LogP contribution in [0.25, 0.3) is 0 Å². The van der Waals surface area contributed by atoms with E-state index in [9.17, 15) is 14.8 Å². The van der Waals surface area contributed by atoms with E-state index in [-0.39, 0.29) is 24.1 Å². The quantitative estimate of drug-likeness (QED) is 0.517. The van der Waals surface area contributed by atoms with Gasteiger partial charge in [-0.25, -0.2) is 4.79 Å². The number of hydrogen-bond acceptors (Lipinski definition) is 4. The minimum Gasteiger partial charge on any atom is -0.619 e. The molecule has 6 nitrogen and oxygen atoms in total. The number of aryl methyl sites for hydroxylation is 2. The number of nitrogens with zero attached hydrogens (tertiary/aromatic N) is 1. The number of benzene rings is 1. The number of rotatable bonds is 5. The molecule has 0 radical (unpaired) electrons. The predicted molar refractivity (Wildman–Crippen MR) is 88.2 cm³/mol. The number of nitrogens with one attached hydrogen (secondary N) is 1. The Labute approximate surface area is 140 Å². The van der Waals surface area contributed by atoms with Crippen molar-refractivity contribution in [1.29, 1.82) is 0 Å². The molecular weight excluding hydrogens is 308 g/mol. The number of ether oxygens (including phenoxy) is 1. The Bertz CT molecular complexity index is 741. The lowest BCUT2D eigenvalue weighted by Crippen LogP contribution is -2.31. The first-order valence-electron chi connectivity index (χ1n) is 7.59. The zero-order valence-corrected chi connectivity index (χ0v) is 13.9. The molecule has 6 heteroatoms. The molecule has 1 aromatic carbocycles. The Morgan fingerprint density at radius 3 is 2.46 bits per heavy atom. The number of pyridine rings is 1. The van der Waals surface area contributed by atoms with Gasteiger partial charge < -0.3 is 15.3 Å². The molecule has 2 aromatic rings. The highest BCUT2D eigenvalue weighted by atomic mass is 16.5. The van der Waals surface area contributed by atoms with Crippen LogP contribution in [0.2, 0.25) is 0 Å². The average Bonchev–Trinajstić information content (AvgIpc) is 2.55. The number of esters is 1. The first-order valence-corrected chi connectivity index (χ1v) is 7.59. The lowest BCUT2D eigenvalue weighted by atomic mass is 10.0. The topological polar surface area (TPSA) is 82.3 Å². The summed E-state index contributed by atoms with van der Waals surface area (Å²) in [6.45, 7) is 5.54. The third-order valence-electron chi connectivity index (χ3n) is 3.78. The first kappa shape index (κ1) is 17.5. The van der Waals surface area contributed by atoms with E-state index in [1.54, 1.807) is 0 Å². The summed E-state index contributed by atoms with van der Waals surface area (Å²) in [6.07, 6.45) is 2.39. The summed E-state index contributed by atoms with van der Waals surface area (Å²) in [5.41, 5.74) is 3.55. The van der Waals surface area contributed by atoms with Gasteiger partial charge in [0.15, 0.2) is 19.0 Å². The SMILES string of the molecule is Cc1ccc([C@H](C)NC(=O)COC(=O)c2cc[n+]([O-])cc2)cc1C. The molecule has 0 unspecified atom stereocenters. The minimum absolute atomic E-state index is 0.188. The van der Waals surface area contributed by atoms with Crippen molar-refractivity contribution in [3.05, 3.63) is 70.2 Å². The zero-order chi connectivity index (χ0) is 17.7. The highest BCUT2D eigenvalue weighted by Crippen LogP contribution is 2.16. The molecule has 0 fully saturated rings. The summed E-state index contributed by atoms with van der Waals surface area (Å²) in [4.78, 5) is 23.7. The Balaban J connectivity index is 1.87. The summed E-state index contributed by atoms with van der Waals surface area (Å²) in [6, 6.07) is 8.48. The van der Waals surface area contributed by atoms with Crippen molar-refractivity contribution in [1.82, 2.24) is 5.32 Å². The molecule has 24 heavy (non-hydrogen) atoms. The number of hydrogen-bond donors (Lipinski definition) is 1. The van der Waals surface area contributed by atoms with Crippen LogP contribution in [0.15, 0.2) is 42.7 Å². The van der Waals surface area contributed by atoms with Crippen LogP contribution in [0.5, 0.6) is 0 Å². The molecule has 1 aromatic heterocycles. The summed E-state index contributed by atoms with van der Waals surface area (Å²) in [7, 11) is 0. The molecule has 1 heterocycles. The van der Waals surface area contributed by atoms with Crippen LogP contribution < -0.4 is 10.0 Å². The normalized spacial score (nSPS) is 11.6. The molecule has 0 aliphatic rings. The van der Waals surface area contributed by atoms with Gasteiger partial charge in [0.25, 0.3) is 5.91 Å². The maximum atomic E-state index is 11.9. The van der Waals surface area contributed by atoms with Crippen LogP contribution in [0.1, 0.15) is 40.0 Å². The van der Waals surface area contributed by atoms with Gasteiger partial charge in [0.2, 0.25) is 0 Å². The van der Waals surface area contributed by atoms with Gasteiger partial charge in [-0.3, -0.25) is 4.79 Å². The summed E-state index contributed by atoms with van der Waals surface area (Å²) < 4.78 is 5.51. The smallest absolute Gasteiger partial charge is 0.339 e. The van der Waals surface area contributed by atoms with Crippen molar-refractivity contribution < 1.29 is 19.1 Å². The molecule has 126 valence electrons. The largest absolute Gasteiger partial charge is 0.619 e. The van der Waals surface area contributed by atoms with Crippen molar-refractivity contribution in [3.63, 3.8) is 0 Å². The van der Waals surface area contributed by atoms with Gasteiger partial charge in [-0.1, -0.05) is 18.2 Å². The van der Waals surface area contributed by atoms with Crippen LogP contribution in [0.4, 0.5) is 0 Å². The highest BCUT2D eigenvalue weighted by Gasteiger charge is 2.14. The van der Waals surface area contributed by atoms with E-state index >= 15 is 0 Å². The van der Waals surface area contributed by atoms with Crippen molar-refractivity contribution in [2.75, 3.05) is 6.61 Å². The molecular formula is C18H20N2O4. The monoisotopic (exact) mass is 328 g/mol. The third kappa shape index (κ3) is 4.55. The fourth-order valence-electron chi connectivity index (χ4n) is 2.16. The van der Waals surface area contributed by atoms with Gasteiger partial charge in [0.05, 0.1) is 11.6 Å². The predicted octanol–water partition coefficient (Wildman–Crippen LogP) is 1.97. The van der Waals surface area contributed by atoms with Crippen LogP contribution in [-0.2, 0) is 9.53 Å². The van der Waals surface area contributed by atoms with Crippen LogP contribution in [0.3, 0.4) is 0 Å². The Hall–Kier alpha value is -2.89. The lowest BCUT2D eigenvalue weighted by Gasteiger charge is -2.15. The Morgan fingerprint density at radius 2 is 1.83 bits per heavy atom. The maximum absolute atomic E-state index is 11.9. The second-order valence-corrected chi connectivity index (χ2v) is 5.66. The van der Waals surface area contributed by atoms with E-state index in [4.69, 9.17) is 4.74 Å².